The van der Waals surface area contributed by atoms with Crippen LogP contribution in [0.25, 0.3) is 0 Å². The van der Waals surface area contributed by atoms with E-state index in [1.807, 2.05) is 30.3 Å². The molecule has 0 aliphatic rings. The molecular formula is C10H14O2. The molecule has 0 radical (unpaired) electrons. The molecule has 1 aromatic rings. The summed E-state index contributed by atoms with van der Waals surface area (Å²) < 4.78 is 0. The van der Waals surface area contributed by atoms with Gasteiger partial charge in [-0.15, -0.1) is 0 Å². The van der Waals surface area contributed by atoms with Crippen molar-refractivity contribution in [1.82, 2.24) is 0 Å². The summed E-state index contributed by atoms with van der Waals surface area (Å²) in [5.74, 6) is 0. The van der Waals surface area contributed by atoms with Gasteiger partial charge in [0, 0.05) is 0 Å². The van der Waals surface area contributed by atoms with Gasteiger partial charge in [-0.05, 0) is 12.0 Å². The van der Waals surface area contributed by atoms with Gasteiger partial charge in [-0.3, -0.25) is 0 Å². The molecule has 12 heavy (non-hydrogen) atoms. The summed E-state index contributed by atoms with van der Waals surface area (Å²) >= 11 is 0. The average molecular weight is 166 g/mol. The number of benzene rings is 1. The van der Waals surface area contributed by atoms with Crippen molar-refractivity contribution in [2.75, 3.05) is 7.11 Å². The summed E-state index contributed by atoms with van der Waals surface area (Å²) in [6, 6.07) is 10.1. The van der Waals surface area contributed by atoms with Gasteiger partial charge in [-0.1, -0.05) is 37.3 Å². The standard InChI is InChI=1S/C10H14O2/c1-3-10(12-11-2)9-7-5-4-6-8-9/h4-8,10H,3H2,1-2H3. The second-order valence-corrected chi connectivity index (χ2v) is 2.57. The quantitative estimate of drug-likeness (QED) is 0.505. The molecule has 1 rings (SSSR count). The van der Waals surface area contributed by atoms with Gasteiger partial charge in [0.1, 0.15) is 6.10 Å². The van der Waals surface area contributed by atoms with Crippen LogP contribution in [-0.4, -0.2) is 7.11 Å². The van der Waals surface area contributed by atoms with Crippen molar-refractivity contribution in [3.8, 4) is 0 Å². The minimum atomic E-state index is 0.0520. The molecule has 0 heterocycles. The van der Waals surface area contributed by atoms with Crippen LogP contribution in [0.5, 0.6) is 0 Å². The van der Waals surface area contributed by atoms with E-state index >= 15 is 0 Å². The Balaban J connectivity index is 2.66. The van der Waals surface area contributed by atoms with E-state index < -0.39 is 0 Å². The first-order valence-corrected chi connectivity index (χ1v) is 4.13. The lowest BCUT2D eigenvalue weighted by molar-refractivity contribution is -0.308. The summed E-state index contributed by atoms with van der Waals surface area (Å²) in [7, 11) is 1.53. The third-order valence-electron chi connectivity index (χ3n) is 1.75. The van der Waals surface area contributed by atoms with E-state index in [0.717, 1.165) is 12.0 Å². The maximum absolute atomic E-state index is 5.08. The van der Waals surface area contributed by atoms with Crippen LogP contribution in [-0.2, 0) is 9.78 Å². The molecule has 0 aliphatic heterocycles. The summed E-state index contributed by atoms with van der Waals surface area (Å²) in [4.78, 5) is 9.73. The van der Waals surface area contributed by atoms with Crippen LogP contribution in [0.3, 0.4) is 0 Å². The SMILES string of the molecule is CCC(OOC)c1ccccc1. The van der Waals surface area contributed by atoms with Crippen molar-refractivity contribution in [2.45, 2.75) is 19.4 Å². The molecule has 66 valence electrons. The van der Waals surface area contributed by atoms with Crippen LogP contribution in [0.1, 0.15) is 25.0 Å². The van der Waals surface area contributed by atoms with Gasteiger partial charge in [-0.25, -0.2) is 9.78 Å². The highest BCUT2D eigenvalue weighted by Gasteiger charge is 2.08. The van der Waals surface area contributed by atoms with E-state index in [1.54, 1.807) is 0 Å². The molecule has 0 aliphatic carbocycles. The van der Waals surface area contributed by atoms with Gasteiger partial charge in [0.15, 0.2) is 0 Å². The number of hydrogen-bond acceptors (Lipinski definition) is 2. The zero-order valence-corrected chi connectivity index (χ0v) is 7.49. The third kappa shape index (κ3) is 2.32. The first kappa shape index (κ1) is 9.23. The van der Waals surface area contributed by atoms with Crippen LogP contribution in [0.2, 0.25) is 0 Å². The maximum Gasteiger partial charge on any atom is 0.118 e. The van der Waals surface area contributed by atoms with E-state index in [1.165, 1.54) is 7.11 Å². The summed E-state index contributed by atoms with van der Waals surface area (Å²) in [5.41, 5.74) is 1.15. The van der Waals surface area contributed by atoms with Crippen molar-refractivity contribution in [3.05, 3.63) is 35.9 Å². The van der Waals surface area contributed by atoms with E-state index in [0.29, 0.717) is 0 Å². The Labute approximate surface area is 73.0 Å². The average Bonchev–Trinajstić information content (AvgIpc) is 2.15. The van der Waals surface area contributed by atoms with Crippen molar-refractivity contribution >= 4 is 0 Å². The lowest BCUT2D eigenvalue weighted by Crippen LogP contribution is -2.01. The zero-order chi connectivity index (χ0) is 8.81. The van der Waals surface area contributed by atoms with Gasteiger partial charge in [0.25, 0.3) is 0 Å². The predicted octanol–water partition coefficient (Wildman–Crippen LogP) is 2.72. The molecule has 1 unspecified atom stereocenters. The van der Waals surface area contributed by atoms with Gasteiger partial charge in [0.05, 0.1) is 7.11 Å². The van der Waals surface area contributed by atoms with E-state index in [-0.39, 0.29) is 6.10 Å². The summed E-state index contributed by atoms with van der Waals surface area (Å²) in [5, 5.41) is 0. The maximum atomic E-state index is 5.08. The molecule has 0 amide bonds. The third-order valence-corrected chi connectivity index (χ3v) is 1.75. The zero-order valence-electron chi connectivity index (χ0n) is 7.49. The highest BCUT2D eigenvalue weighted by atomic mass is 17.2. The van der Waals surface area contributed by atoms with Gasteiger partial charge >= 0.3 is 0 Å². The fraction of sp³-hybridized carbons (Fsp3) is 0.400. The minimum Gasteiger partial charge on any atom is -0.239 e. The Hall–Kier alpha value is -0.860. The van der Waals surface area contributed by atoms with Gasteiger partial charge in [0.2, 0.25) is 0 Å². The van der Waals surface area contributed by atoms with Crippen molar-refractivity contribution in [2.24, 2.45) is 0 Å². The molecule has 2 nitrogen and oxygen atoms in total. The predicted molar refractivity (Wildman–Crippen MR) is 47.6 cm³/mol. The van der Waals surface area contributed by atoms with E-state index in [9.17, 15) is 0 Å². The largest absolute Gasteiger partial charge is 0.239 e. The smallest absolute Gasteiger partial charge is 0.118 e. The van der Waals surface area contributed by atoms with Crippen LogP contribution in [0.4, 0.5) is 0 Å². The molecule has 0 bridgehead atoms. The van der Waals surface area contributed by atoms with Crippen LogP contribution in [0.15, 0.2) is 30.3 Å². The monoisotopic (exact) mass is 166 g/mol. The fourth-order valence-electron chi connectivity index (χ4n) is 1.14. The summed E-state index contributed by atoms with van der Waals surface area (Å²) in [6.45, 7) is 2.07. The highest BCUT2D eigenvalue weighted by Crippen LogP contribution is 2.19. The van der Waals surface area contributed by atoms with Gasteiger partial charge < -0.3 is 0 Å². The Morgan fingerprint density at radius 3 is 2.42 bits per heavy atom. The molecule has 2 heteroatoms. The molecule has 0 saturated heterocycles. The minimum absolute atomic E-state index is 0.0520. The molecular weight excluding hydrogens is 152 g/mol. The molecule has 0 spiro atoms. The first-order valence-electron chi connectivity index (χ1n) is 4.13. The second kappa shape index (κ2) is 4.91. The highest BCUT2D eigenvalue weighted by molar-refractivity contribution is 5.17. The van der Waals surface area contributed by atoms with Crippen LogP contribution >= 0.6 is 0 Å². The van der Waals surface area contributed by atoms with Crippen LogP contribution in [0, 0.1) is 0 Å². The molecule has 1 atom stereocenters. The van der Waals surface area contributed by atoms with Gasteiger partial charge in [-0.2, -0.15) is 0 Å². The summed E-state index contributed by atoms with van der Waals surface area (Å²) in [6.07, 6.45) is 0.967. The first-order chi connectivity index (χ1) is 5.88. The molecule has 0 aromatic heterocycles. The fourth-order valence-corrected chi connectivity index (χ4v) is 1.14. The Morgan fingerprint density at radius 1 is 1.25 bits per heavy atom. The van der Waals surface area contributed by atoms with Crippen molar-refractivity contribution in [1.29, 1.82) is 0 Å². The lowest BCUT2D eigenvalue weighted by Gasteiger charge is -2.12. The lowest BCUT2D eigenvalue weighted by atomic mass is 10.1. The second-order valence-electron chi connectivity index (χ2n) is 2.57. The molecule has 0 saturated carbocycles. The van der Waals surface area contributed by atoms with E-state index in [4.69, 9.17) is 4.89 Å². The molecule has 0 fully saturated rings. The molecule has 1 aromatic carbocycles. The van der Waals surface area contributed by atoms with Crippen molar-refractivity contribution in [3.63, 3.8) is 0 Å². The number of hydrogen-bond donors (Lipinski definition) is 0. The Morgan fingerprint density at radius 2 is 1.92 bits per heavy atom. The number of rotatable bonds is 4. The Kier molecular flexibility index (Phi) is 3.77. The topological polar surface area (TPSA) is 18.5 Å². The Bertz CT molecular complexity index is 208. The van der Waals surface area contributed by atoms with Crippen molar-refractivity contribution < 1.29 is 9.78 Å². The van der Waals surface area contributed by atoms with E-state index in [2.05, 4.69) is 11.8 Å². The molecule has 0 N–H and O–H groups in total. The normalized spacial score (nSPS) is 12.8. The van der Waals surface area contributed by atoms with Crippen LogP contribution < -0.4 is 0 Å².